The van der Waals surface area contributed by atoms with Crippen molar-refractivity contribution < 1.29 is 23.5 Å². The van der Waals surface area contributed by atoms with Gasteiger partial charge in [-0.05, 0) is 79.6 Å². The quantitative estimate of drug-likeness (QED) is 0.675. The standard InChI is InChI=1S/C23H31FO4/c1-22-9-7-15(25)11-14(22)3-4-16-17-5-6-19(20(26)13-28-21(27)12-24)23(17,2)10-8-18(16)22/h11,16-19H,3-10,12-13H2,1-2H3/t16-,17-,18-,19+,22-,23-/m0/s1. The molecule has 5 heteroatoms. The van der Waals surface area contributed by atoms with Crippen LogP contribution in [0.4, 0.5) is 4.39 Å². The van der Waals surface area contributed by atoms with E-state index in [4.69, 9.17) is 4.74 Å². The topological polar surface area (TPSA) is 60.4 Å². The van der Waals surface area contributed by atoms with E-state index in [0.717, 1.165) is 44.9 Å². The van der Waals surface area contributed by atoms with Crippen LogP contribution in [0, 0.1) is 34.5 Å². The van der Waals surface area contributed by atoms with Gasteiger partial charge in [0.25, 0.3) is 0 Å². The average molecular weight is 390 g/mol. The van der Waals surface area contributed by atoms with Gasteiger partial charge in [-0.3, -0.25) is 9.59 Å². The number of carbonyl (C=O) groups excluding carboxylic acids is 3. The van der Waals surface area contributed by atoms with Crippen molar-refractivity contribution in [2.75, 3.05) is 13.3 Å². The molecule has 0 radical (unpaired) electrons. The van der Waals surface area contributed by atoms with Crippen LogP contribution in [-0.4, -0.2) is 30.8 Å². The molecule has 4 rings (SSSR count). The molecule has 28 heavy (non-hydrogen) atoms. The average Bonchev–Trinajstić information content (AvgIpc) is 3.03. The van der Waals surface area contributed by atoms with E-state index >= 15 is 0 Å². The molecule has 0 spiro atoms. The molecule has 0 amide bonds. The molecule has 0 heterocycles. The Balaban J connectivity index is 1.52. The molecule has 4 nitrogen and oxygen atoms in total. The van der Waals surface area contributed by atoms with Crippen LogP contribution >= 0.6 is 0 Å². The van der Waals surface area contributed by atoms with Gasteiger partial charge in [0.2, 0.25) is 0 Å². The fourth-order valence-corrected chi connectivity index (χ4v) is 7.38. The Labute approximate surface area is 166 Å². The number of esters is 1. The highest BCUT2D eigenvalue weighted by atomic mass is 19.1. The van der Waals surface area contributed by atoms with Gasteiger partial charge in [-0.15, -0.1) is 0 Å². The zero-order chi connectivity index (χ0) is 20.1. The molecule has 4 aliphatic carbocycles. The number of hydrogen-bond donors (Lipinski definition) is 0. The molecule has 0 saturated heterocycles. The Kier molecular flexibility index (Phi) is 4.99. The number of fused-ring (bicyclic) bond motifs is 5. The Morgan fingerprint density at radius 3 is 2.64 bits per heavy atom. The van der Waals surface area contributed by atoms with E-state index in [1.165, 1.54) is 5.57 Å². The van der Waals surface area contributed by atoms with Crippen molar-refractivity contribution in [3.05, 3.63) is 11.6 Å². The Bertz CT molecular complexity index is 728. The van der Waals surface area contributed by atoms with Crippen molar-refractivity contribution in [2.45, 2.75) is 65.2 Å². The van der Waals surface area contributed by atoms with Crippen LogP contribution in [-0.2, 0) is 19.1 Å². The summed E-state index contributed by atoms with van der Waals surface area (Å²) in [7, 11) is 0. The van der Waals surface area contributed by atoms with E-state index in [1.807, 2.05) is 6.08 Å². The highest BCUT2D eigenvalue weighted by Gasteiger charge is 2.60. The molecule has 4 aliphatic rings. The second-order valence-corrected chi connectivity index (χ2v) is 9.90. The predicted octanol–water partition coefficient (Wildman–Crippen LogP) is 4.22. The predicted molar refractivity (Wildman–Crippen MR) is 102 cm³/mol. The van der Waals surface area contributed by atoms with Gasteiger partial charge in [0, 0.05) is 12.3 Å². The van der Waals surface area contributed by atoms with E-state index in [-0.39, 0.29) is 34.9 Å². The molecule has 0 bridgehead atoms. The number of hydrogen-bond acceptors (Lipinski definition) is 4. The maximum atomic E-state index is 12.8. The van der Waals surface area contributed by atoms with Gasteiger partial charge in [-0.2, -0.15) is 0 Å². The summed E-state index contributed by atoms with van der Waals surface area (Å²) in [6.07, 6.45) is 9.63. The Morgan fingerprint density at radius 2 is 1.89 bits per heavy atom. The van der Waals surface area contributed by atoms with E-state index in [2.05, 4.69) is 13.8 Å². The number of Topliss-reactive ketones (excluding diaryl/α,β-unsaturated/α-hetero) is 1. The van der Waals surface area contributed by atoms with Crippen molar-refractivity contribution in [2.24, 2.45) is 34.5 Å². The lowest BCUT2D eigenvalue weighted by molar-refractivity contribution is -0.151. The lowest BCUT2D eigenvalue weighted by Gasteiger charge is -2.58. The fraction of sp³-hybridized carbons (Fsp3) is 0.783. The molecule has 0 aliphatic heterocycles. The molecule has 6 atom stereocenters. The summed E-state index contributed by atoms with van der Waals surface area (Å²) < 4.78 is 17.1. The van der Waals surface area contributed by atoms with Crippen molar-refractivity contribution in [1.29, 1.82) is 0 Å². The number of carbonyl (C=O) groups is 3. The van der Waals surface area contributed by atoms with Crippen LogP contribution in [0.5, 0.6) is 0 Å². The van der Waals surface area contributed by atoms with Gasteiger partial charge >= 0.3 is 5.97 Å². The van der Waals surface area contributed by atoms with Gasteiger partial charge in [-0.1, -0.05) is 19.4 Å². The van der Waals surface area contributed by atoms with E-state index in [0.29, 0.717) is 24.2 Å². The first-order valence-corrected chi connectivity index (χ1v) is 10.8. The molecule has 3 fully saturated rings. The van der Waals surface area contributed by atoms with Crippen LogP contribution < -0.4 is 0 Å². The lowest BCUT2D eigenvalue weighted by atomic mass is 9.46. The first-order valence-electron chi connectivity index (χ1n) is 10.8. The molecular formula is C23H31FO4. The van der Waals surface area contributed by atoms with Crippen LogP contribution in [0.15, 0.2) is 11.6 Å². The highest BCUT2D eigenvalue weighted by Crippen LogP contribution is 2.66. The van der Waals surface area contributed by atoms with E-state index < -0.39 is 12.6 Å². The zero-order valence-electron chi connectivity index (χ0n) is 17.0. The van der Waals surface area contributed by atoms with Crippen molar-refractivity contribution in [3.8, 4) is 0 Å². The summed E-state index contributed by atoms with van der Waals surface area (Å²) in [5, 5.41) is 0. The van der Waals surface area contributed by atoms with E-state index in [9.17, 15) is 18.8 Å². The minimum Gasteiger partial charge on any atom is -0.456 e. The van der Waals surface area contributed by atoms with Crippen LogP contribution in [0.25, 0.3) is 0 Å². The van der Waals surface area contributed by atoms with Crippen LogP contribution in [0.2, 0.25) is 0 Å². The number of ether oxygens (including phenoxy) is 1. The molecule has 0 N–H and O–H groups in total. The van der Waals surface area contributed by atoms with E-state index in [1.54, 1.807) is 0 Å². The third kappa shape index (κ3) is 2.96. The summed E-state index contributed by atoms with van der Waals surface area (Å²) >= 11 is 0. The number of halogens is 1. The summed E-state index contributed by atoms with van der Waals surface area (Å²) in [5.74, 6) is 0.883. The second-order valence-electron chi connectivity index (χ2n) is 9.90. The minimum atomic E-state index is -1.18. The van der Waals surface area contributed by atoms with Crippen molar-refractivity contribution >= 4 is 17.5 Å². The first-order chi connectivity index (χ1) is 13.3. The number of rotatable bonds is 4. The van der Waals surface area contributed by atoms with Gasteiger partial charge in [0.05, 0.1) is 0 Å². The lowest BCUT2D eigenvalue weighted by Crippen LogP contribution is -2.51. The number of alkyl halides is 1. The highest BCUT2D eigenvalue weighted by molar-refractivity contribution is 5.91. The van der Waals surface area contributed by atoms with Crippen molar-refractivity contribution in [3.63, 3.8) is 0 Å². The van der Waals surface area contributed by atoms with Crippen molar-refractivity contribution in [1.82, 2.24) is 0 Å². The summed E-state index contributed by atoms with van der Waals surface area (Å²) in [6.45, 7) is 3.13. The largest absolute Gasteiger partial charge is 0.456 e. The fourth-order valence-electron chi connectivity index (χ4n) is 7.38. The third-order valence-corrected chi connectivity index (χ3v) is 8.84. The first kappa shape index (κ1) is 19.8. The molecular weight excluding hydrogens is 359 g/mol. The summed E-state index contributed by atoms with van der Waals surface area (Å²) in [6, 6.07) is 0. The molecule has 0 aromatic heterocycles. The molecule has 0 unspecified atom stereocenters. The second kappa shape index (κ2) is 7.07. The molecule has 0 aromatic carbocycles. The molecule has 3 saturated carbocycles. The van der Waals surface area contributed by atoms with Crippen LogP contribution in [0.3, 0.4) is 0 Å². The monoisotopic (exact) mass is 390 g/mol. The maximum absolute atomic E-state index is 12.8. The normalized spacial score (nSPS) is 42.1. The minimum absolute atomic E-state index is 0.0453. The van der Waals surface area contributed by atoms with Gasteiger partial charge < -0.3 is 4.74 Å². The van der Waals surface area contributed by atoms with Gasteiger partial charge in [0.15, 0.2) is 18.2 Å². The number of allylic oxidation sites excluding steroid dienone is 1. The Morgan fingerprint density at radius 1 is 1.11 bits per heavy atom. The Hall–Kier alpha value is -1.52. The summed E-state index contributed by atoms with van der Waals surface area (Å²) in [5.41, 5.74) is 1.44. The summed E-state index contributed by atoms with van der Waals surface area (Å²) in [4.78, 5) is 35.8. The van der Waals surface area contributed by atoms with Gasteiger partial charge in [0.1, 0.15) is 6.61 Å². The smallest absolute Gasteiger partial charge is 0.337 e. The number of ketones is 2. The SMILES string of the molecule is C[C@]12CC[C@H]3[C@@H](CCC4=CC(=O)CC[C@@]43C)[C@@H]1CC[C@@H]2C(=O)COC(=O)CF. The molecule has 0 aromatic rings. The zero-order valence-corrected chi connectivity index (χ0v) is 17.0. The maximum Gasteiger partial charge on any atom is 0.337 e. The van der Waals surface area contributed by atoms with Crippen LogP contribution in [0.1, 0.15) is 65.2 Å². The van der Waals surface area contributed by atoms with Gasteiger partial charge in [-0.25, -0.2) is 9.18 Å². The third-order valence-electron chi connectivity index (χ3n) is 8.84. The molecule has 154 valence electrons.